The quantitative estimate of drug-likeness (QED) is 0.762. The summed E-state index contributed by atoms with van der Waals surface area (Å²) in [6.07, 6.45) is 3.94. The van der Waals surface area contributed by atoms with Gasteiger partial charge in [-0.2, -0.15) is 0 Å². The third-order valence-electron chi connectivity index (χ3n) is 2.37. The van der Waals surface area contributed by atoms with Crippen molar-refractivity contribution in [1.82, 2.24) is 9.66 Å². The zero-order valence-electron chi connectivity index (χ0n) is 8.54. The van der Waals surface area contributed by atoms with Crippen LogP contribution in [0.3, 0.4) is 0 Å². The normalized spacial score (nSPS) is 10.4. The molecule has 0 saturated heterocycles. The zero-order valence-corrected chi connectivity index (χ0v) is 8.54. The van der Waals surface area contributed by atoms with Crippen molar-refractivity contribution in [3.8, 4) is 0 Å². The average molecular weight is 189 g/mol. The Hall–Kier alpha value is -1.64. The van der Waals surface area contributed by atoms with E-state index in [0.29, 0.717) is 0 Å². The predicted octanol–water partition coefficient (Wildman–Crippen LogP) is 2.18. The van der Waals surface area contributed by atoms with Crippen molar-refractivity contribution >= 4 is 0 Å². The highest BCUT2D eigenvalue weighted by Crippen LogP contribution is 2.05. The molecule has 0 atom stereocenters. The van der Waals surface area contributed by atoms with E-state index in [1.807, 2.05) is 12.4 Å². The maximum absolute atomic E-state index is 3.36. The van der Waals surface area contributed by atoms with Gasteiger partial charge in [0.15, 0.2) is 0 Å². The lowest BCUT2D eigenvalue weighted by atomic mass is 10.3. The first-order valence-corrected chi connectivity index (χ1v) is 4.78. The van der Waals surface area contributed by atoms with Gasteiger partial charge in [0.2, 0.25) is 0 Å². The molecule has 2 aromatic heterocycles. The second kappa shape index (κ2) is 3.62. The van der Waals surface area contributed by atoms with Gasteiger partial charge in [0.1, 0.15) is 0 Å². The number of aryl methyl sites for hydroxylation is 2. The summed E-state index contributed by atoms with van der Waals surface area (Å²) >= 11 is 0. The van der Waals surface area contributed by atoms with Crippen LogP contribution in [0.2, 0.25) is 0 Å². The van der Waals surface area contributed by atoms with Crippen LogP contribution in [0.25, 0.3) is 0 Å². The van der Waals surface area contributed by atoms with Crippen LogP contribution >= 0.6 is 0 Å². The monoisotopic (exact) mass is 189 g/mol. The summed E-state index contributed by atoms with van der Waals surface area (Å²) in [6.45, 7) is 5.04. The van der Waals surface area contributed by atoms with E-state index in [4.69, 9.17) is 0 Å². The average Bonchev–Trinajstić information content (AvgIpc) is 2.76. The van der Waals surface area contributed by atoms with Crippen LogP contribution in [0.5, 0.6) is 0 Å². The summed E-state index contributed by atoms with van der Waals surface area (Å²) in [6, 6.07) is 6.29. The van der Waals surface area contributed by atoms with Crippen molar-refractivity contribution in [2.75, 3.05) is 5.43 Å². The van der Waals surface area contributed by atoms with Crippen LogP contribution in [0.4, 0.5) is 0 Å². The second-order valence-corrected chi connectivity index (χ2v) is 3.51. The van der Waals surface area contributed by atoms with Crippen LogP contribution in [-0.4, -0.2) is 9.66 Å². The fraction of sp³-hybridized carbons (Fsp3) is 0.273. The number of hydrogen-bond donors (Lipinski definition) is 2. The molecule has 0 saturated carbocycles. The number of aromatic nitrogens is 2. The molecule has 14 heavy (non-hydrogen) atoms. The van der Waals surface area contributed by atoms with E-state index < -0.39 is 0 Å². The zero-order chi connectivity index (χ0) is 9.97. The van der Waals surface area contributed by atoms with Crippen LogP contribution in [0.15, 0.2) is 30.6 Å². The predicted molar refractivity (Wildman–Crippen MR) is 57.8 cm³/mol. The van der Waals surface area contributed by atoms with E-state index in [1.54, 1.807) is 0 Å². The van der Waals surface area contributed by atoms with Gasteiger partial charge in [0.05, 0.1) is 6.54 Å². The van der Waals surface area contributed by atoms with Gasteiger partial charge in [-0.1, -0.05) is 0 Å². The largest absolute Gasteiger partial charge is 0.367 e. The highest BCUT2D eigenvalue weighted by Gasteiger charge is 1.99. The molecular weight excluding hydrogens is 174 g/mol. The van der Waals surface area contributed by atoms with Gasteiger partial charge in [-0.05, 0) is 37.6 Å². The third-order valence-corrected chi connectivity index (χ3v) is 2.37. The van der Waals surface area contributed by atoms with E-state index in [9.17, 15) is 0 Å². The van der Waals surface area contributed by atoms with E-state index in [2.05, 4.69) is 47.1 Å². The molecule has 0 spiro atoms. The minimum absolute atomic E-state index is 0.847. The van der Waals surface area contributed by atoms with Crippen molar-refractivity contribution in [3.05, 3.63) is 47.5 Å². The molecule has 2 rings (SSSR count). The highest BCUT2D eigenvalue weighted by molar-refractivity contribution is 5.17. The van der Waals surface area contributed by atoms with Gasteiger partial charge >= 0.3 is 0 Å². The maximum Gasteiger partial charge on any atom is 0.0579 e. The summed E-state index contributed by atoms with van der Waals surface area (Å²) in [7, 11) is 0. The Morgan fingerprint density at radius 2 is 1.93 bits per heavy atom. The van der Waals surface area contributed by atoms with Crippen LogP contribution in [0, 0.1) is 13.8 Å². The number of nitrogens with one attached hydrogen (secondary N) is 2. The van der Waals surface area contributed by atoms with Gasteiger partial charge in [-0.3, -0.25) is 4.68 Å². The molecule has 74 valence electrons. The summed E-state index contributed by atoms with van der Waals surface area (Å²) in [5.41, 5.74) is 7.09. The molecule has 0 aromatic carbocycles. The van der Waals surface area contributed by atoms with Gasteiger partial charge in [-0.25, -0.2) is 0 Å². The first-order chi connectivity index (χ1) is 6.77. The fourth-order valence-electron chi connectivity index (χ4n) is 1.56. The molecule has 0 aliphatic heterocycles. The van der Waals surface area contributed by atoms with Gasteiger partial charge < -0.3 is 10.4 Å². The number of nitrogens with zero attached hydrogens (tertiary/aromatic N) is 1. The van der Waals surface area contributed by atoms with Crippen LogP contribution in [0.1, 0.15) is 17.0 Å². The Balaban J connectivity index is 2.05. The molecule has 0 aliphatic rings. The number of rotatable bonds is 3. The number of hydrogen-bond acceptors (Lipinski definition) is 1. The van der Waals surface area contributed by atoms with Crippen molar-refractivity contribution in [1.29, 1.82) is 0 Å². The van der Waals surface area contributed by atoms with E-state index in [-0.39, 0.29) is 0 Å². The molecule has 3 heteroatoms. The van der Waals surface area contributed by atoms with Crippen molar-refractivity contribution < 1.29 is 0 Å². The summed E-state index contributed by atoms with van der Waals surface area (Å²) in [5.74, 6) is 0. The minimum atomic E-state index is 0.847. The lowest BCUT2D eigenvalue weighted by molar-refractivity contribution is 0.792. The molecule has 0 fully saturated rings. The Kier molecular flexibility index (Phi) is 2.31. The van der Waals surface area contributed by atoms with Crippen LogP contribution < -0.4 is 5.43 Å². The highest BCUT2D eigenvalue weighted by atomic mass is 15.4. The number of aromatic amines is 1. The lowest BCUT2D eigenvalue weighted by Gasteiger charge is -2.11. The van der Waals surface area contributed by atoms with Gasteiger partial charge in [-0.15, -0.1) is 0 Å². The molecule has 0 amide bonds. The Bertz CT molecular complexity index is 379. The summed E-state index contributed by atoms with van der Waals surface area (Å²) in [4.78, 5) is 3.04. The molecule has 2 heterocycles. The van der Waals surface area contributed by atoms with E-state index >= 15 is 0 Å². The minimum Gasteiger partial charge on any atom is -0.367 e. The fourth-order valence-corrected chi connectivity index (χ4v) is 1.56. The Labute approximate surface area is 83.7 Å². The van der Waals surface area contributed by atoms with Crippen molar-refractivity contribution in [2.24, 2.45) is 0 Å². The standard InChI is InChI=1S/C11H15N3/c1-9-3-4-10(2)14(9)13-8-11-5-6-12-7-11/h3-7,12-13H,8H2,1-2H3. The first-order valence-electron chi connectivity index (χ1n) is 4.78. The topological polar surface area (TPSA) is 32.8 Å². The Morgan fingerprint density at radius 1 is 1.21 bits per heavy atom. The molecule has 2 aromatic rings. The molecule has 2 N–H and O–H groups in total. The molecule has 0 bridgehead atoms. The van der Waals surface area contributed by atoms with Gasteiger partial charge in [0, 0.05) is 23.8 Å². The molecule has 0 unspecified atom stereocenters. The Morgan fingerprint density at radius 3 is 2.50 bits per heavy atom. The molecule has 3 nitrogen and oxygen atoms in total. The van der Waals surface area contributed by atoms with Gasteiger partial charge in [0.25, 0.3) is 0 Å². The van der Waals surface area contributed by atoms with Crippen molar-refractivity contribution in [2.45, 2.75) is 20.4 Å². The van der Waals surface area contributed by atoms with Crippen LogP contribution in [-0.2, 0) is 6.54 Å². The van der Waals surface area contributed by atoms with Crippen molar-refractivity contribution in [3.63, 3.8) is 0 Å². The second-order valence-electron chi connectivity index (χ2n) is 3.51. The summed E-state index contributed by atoms with van der Waals surface area (Å²) < 4.78 is 2.10. The van der Waals surface area contributed by atoms with E-state index in [1.165, 1.54) is 17.0 Å². The third kappa shape index (κ3) is 1.66. The molecule has 0 radical (unpaired) electrons. The first kappa shape index (κ1) is 8.94. The number of H-pyrrole nitrogens is 1. The summed E-state index contributed by atoms with van der Waals surface area (Å²) in [5, 5.41) is 0. The SMILES string of the molecule is Cc1ccc(C)n1NCc1cc[nH]c1. The molecule has 0 aliphatic carbocycles. The van der Waals surface area contributed by atoms with E-state index in [0.717, 1.165) is 6.54 Å². The lowest BCUT2D eigenvalue weighted by Crippen LogP contribution is -2.16. The maximum atomic E-state index is 3.36. The smallest absolute Gasteiger partial charge is 0.0579 e. The molecular formula is C11H15N3.